The lowest BCUT2D eigenvalue weighted by Crippen LogP contribution is -2.46. The minimum Gasteiger partial charge on any atom is -0.382 e. The van der Waals surface area contributed by atoms with E-state index in [0.29, 0.717) is 31.1 Å². The van der Waals surface area contributed by atoms with Crippen LogP contribution < -0.4 is 5.32 Å². The number of ether oxygens (including phenoxy) is 2. The lowest BCUT2D eigenvalue weighted by atomic mass is 10.0. The molecule has 25 heavy (non-hydrogen) atoms. The third-order valence-electron chi connectivity index (χ3n) is 4.55. The average Bonchev–Trinajstić information content (AvgIpc) is 2.99. The summed E-state index contributed by atoms with van der Waals surface area (Å²) >= 11 is 0. The molecular weight excluding hydrogens is 431 g/mol. The number of guanidine groups is 1. The van der Waals surface area contributed by atoms with Gasteiger partial charge in [-0.2, -0.15) is 0 Å². The van der Waals surface area contributed by atoms with E-state index >= 15 is 0 Å². The van der Waals surface area contributed by atoms with Gasteiger partial charge < -0.3 is 24.6 Å². The number of halogens is 1. The van der Waals surface area contributed by atoms with Gasteiger partial charge in [0.05, 0.1) is 19.8 Å². The number of rotatable bonds is 10. The van der Waals surface area contributed by atoms with E-state index in [2.05, 4.69) is 48.1 Å². The molecule has 2 atom stereocenters. The molecule has 2 unspecified atom stereocenters. The Labute approximate surface area is 171 Å². The van der Waals surface area contributed by atoms with Crippen LogP contribution in [0.2, 0.25) is 0 Å². The first-order chi connectivity index (χ1) is 11.5. The third kappa shape index (κ3) is 9.96. The minimum atomic E-state index is 0. The molecule has 0 aromatic rings. The zero-order chi connectivity index (χ0) is 17.9. The summed E-state index contributed by atoms with van der Waals surface area (Å²) in [5.41, 5.74) is 0. The van der Waals surface area contributed by atoms with Crippen LogP contribution in [-0.4, -0.2) is 89.5 Å². The number of likely N-dealkylation sites (N-methyl/N-ethyl adjacent to an activating group) is 1. The van der Waals surface area contributed by atoms with Crippen LogP contribution in [0.5, 0.6) is 0 Å². The first-order valence-corrected chi connectivity index (χ1v) is 9.16. The molecule has 0 aliphatic carbocycles. The van der Waals surface area contributed by atoms with E-state index in [1.165, 1.54) is 6.42 Å². The van der Waals surface area contributed by atoms with Gasteiger partial charge in [-0.15, -0.1) is 24.0 Å². The van der Waals surface area contributed by atoms with Gasteiger partial charge in [-0.05, 0) is 32.9 Å². The first kappa shape index (κ1) is 24.9. The van der Waals surface area contributed by atoms with Crippen molar-refractivity contribution in [3.63, 3.8) is 0 Å². The van der Waals surface area contributed by atoms with Crippen LogP contribution in [0, 0.1) is 11.8 Å². The van der Waals surface area contributed by atoms with Crippen molar-refractivity contribution in [3.05, 3.63) is 0 Å². The van der Waals surface area contributed by atoms with Crippen LogP contribution in [0.4, 0.5) is 0 Å². The summed E-state index contributed by atoms with van der Waals surface area (Å²) in [6.45, 7) is 9.72. The SMILES string of the molecule is CN=C(NCC(CC(C)C)N(C)C)N1CCC(COCCOC)C1.I. The van der Waals surface area contributed by atoms with Crippen LogP contribution in [0.15, 0.2) is 4.99 Å². The molecule has 150 valence electrons. The molecule has 0 spiro atoms. The van der Waals surface area contributed by atoms with Crippen molar-refractivity contribution in [2.45, 2.75) is 32.7 Å². The van der Waals surface area contributed by atoms with E-state index in [4.69, 9.17) is 9.47 Å². The van der Waals surface area contributed by atoms with Gasteiger partial charge in [0.15, 0.2) is 5.96 Å². The maximum Gasteiger partial charge on any atom is 0.193 e. The monoisotopic (exact) mass is 470 g/mol. The molecular formula is C18H39IN4O2. The maximum atomic E-state index is 5.67. The molecule has 0 saturated carbocycles. The van der Waals surface area contributed by atoms with Gasteiger partial charge >= 0.3 is 0 Å². The largest absolute Gasteiger partial charge is 0.382 e. The van der Waals surface area contributed by atoms with Crippen molar-refractivity contribution in [1.82, 2.24) is 15.1 Å². The standard InChI is InChI=1S/C18H38N4O2.HI/c1-15(2)11-17(21(4)5)12-20-18(19-3)22-8-7-16(13-22)14-24-10-9-23-6;/h15-17H,7-14H2,1-6H3,(H,19,20);1H. The molecule has 6 nitrogen and oxygen atoms in total. The summed E-state index contributed by atoms with van der Waals surface area (Å²) in [6.07, 6.45) is 2.35. The highest BCUT2D eigenvalue weighted by Crippen LogP contribution is 2.17. The molecule has 1 N–H and O–H groups in total. The Morgan fingerprint density at radius 1 is 1.32 bits per heavy atom. The van der Waals surface area contributed by atoms with Gasteiger partial charge in [0.1, 0.15) is 0 Å². The Bertz CT molecular complexity index is 367. The highest BCUT2D eigenvalue weighted by atomic mass is 127. The van der Waals surface area contributed by atoms with E-state index in [9.17, 15) is 0 Å². The summed E-state index contributed by atoms with van der Waals surface area (Å²) in [4.78, 5) is 9.13. The molecule has 7 heteroatoms. The van der Waals surface area contributed by atoms with E-state index in [0.717, 1.165) is 38.6 Å². The van der Waals surface area contributed by atoms with Crippen LogP contribution in [0.1, 0.15) is 26.7 Å². The Kier molecular flexibility index (Phi) is 13.9. The van der Waals surface area contributed by atoms with Crippen LogP contribution in [0.3, 0.4) is 0 Å². The molecule has 0 aromatic heterocycles. The van der Waals surface area contributed by atoms with Gasteiger partial charge in [-0.25, -0.2) is 0 Å². The fraction of sp³-hybridized carbons (Fsp3) is 0.944. The Morgan fingerprint density at radius 3 is 2.60 bits per heavy atom. The summed E-state index contributed by atoms with van der Waals surface area (Å²) < 4.78 is 10.7. The van der Waals surface area contributed by atoms with Gasteiger partial charge in [0.2, 0.25) is 0 Å². The Morgan fingerprint density at radius 2 is 2.04 bits per heavy atom. The number of hydrogen-bond acceptors (Lipinski definition) is 4. The van der Waals surface area contributed by atoms with Crippen LogP contribution >= 0.6 is 24.0 Å². The smallest absolute Gasteiger partial charge is 0.193 e. The van der Waals surface area contributed by atoms with Gasteiger partial charge in [0, 0.05) is 45.8 Å². The van der Waals surface area contributed by atoms with Crippen LogP contribution in [-0.2, 0) is 9.47 Å². The summed E-state index contributed by atoms with van der Waals surface area (Å²) in [6, 6.07) is 0.525. The highest BCUT2D eigenvalue weighted by molar-refractivity contribution is 14.0. The quantitative estimate of drug-likeness (QED) is 0.230. The molecule has 0 bridgehead atoms. The second kappa shape index (κ2) is 14.0. The summed E-state index contributed by atoms with van der Waals surface area (Å²) in [5, 5.41) is 3.57. The second-order valence-electron chi connectivity index (χ2n) is 7.34. The molecule has 1 aliphatic heterocycles. The molecule has 0 radical (unpaired) electrons. The number of nitrogens with zero attached hydrogens (tertiary/aromatic N) is 3. The highest BCUT2D eigenvalue weighted by Gasteiger charge is 2.25. The van der Waals surface area contributed by atoms with Crippen molar-refractivity contribution in [1.29, 1.82) is 0 Å². The summed E-state index contributed by atoms with van der Waals surface area (Å²) in [7, 11) is 7.88. The van der Waals surface area contributed by atoms with Crippen molar-refractivity contribution < 1.29 is 9.47 Å². The fourth-order valence-corrected chi connectivity index (χ4v) is 3.12. The fourth-order valence-electron chi connectivity index (χ4n) is 3.12. The number of aliphatic imine (C=N–C) groups is 1. The molecule has 1 saturated heterocycles. The first-order valence-electron chi connectivity index (χ1n) is 9.16. The Balaban J connectivity index is 0.00000576. The number of methoxy groups -OCH3 is 1. The Hall–Kier alpha value is -0.120. The van der Waals surface area contributed by atoms with Crippen molar-refractivity contribution >= 4 is 29.9 Å². The van der Waals surface area contributed by atoms with E-state index in [1.807, 2.05) is 7.05 Å². The molecule has 1 heterocycles. The van der Waals surface area contributed by atoms with Gasteiger partial charge in [-0.3, -0.25) is 4.99 Å². The predicted molar refractivity (Wildman–Crippen MR) is 116 cm³/mol. The zero-order valence-electron chi connectivity index (χ0n) is 17.0. The maximum absolute atomic E-state index is 5.67. The molecule has 1 aliphatic rings. The number of hydrogen-bond donors (Lipinski definition) is 1. The lowest BCUT2D eigenvalue weighted by Gasteiger charge is -2.29. The van der Waals surface area contributed by atoms with E-state index < -0.39 is 0 Å². The van der Waals surface area contributed by atoms with E-state index in [1.54, 1.807) is 7.11 Å². The zero-order valence-corrected chi connectivity index (χ0v) is 19.3. The van der Waals surface area contributed by atoms with Crippen molar-refractivity contribution in [2.75, 3.05) is 67.7 Å². The van der Waals surface area contributed by atoms with Gasteiger partial charge in [0.25, 0.3) is 0 Å². The van der Waals surface area contributed by atoms with E-state index in [-0.39, 0.29) is 24.0 Å². The topological polar surface area (TPSA) is 49.3 Å². The minimum absolute atomic E-state index is 0. The average molecular weight is 470 g/mol. The third-order valence-corrected chi connectivity index (χ3v) is 4.55. The predicted octanol–water partition coefficient (Wildman–Crippen LogP) is 2.14. The van der Waals surface area contributed by atoms with Crippen molar-refractivity contribution in [3.8, 4) is 0 Å². The molecule has 1 fully saturated rings. The summed E-state index contributed by atoms with van der Waals surface area (Å²) in [5.74, 6) is 2.30. The molecule has 0 amide bonds. The lowest BCUT2D eigenvalue weighted by molar-refractivity contribution is 0.0536. The molecule has 1 rings (SSSR count). The van der Waals surface area contributed by atoms with Crippen LogP contribution in [0.25, 0.3) is 0 Å². The number of nitrogens with one attached hydrogen (secondary N) is 1. The normalized spacial score (nSPS) is 19.4. The van der Waals surface area contributed by atoms with Gasteiger partial charge in [-0.1, -0.05) is 13.8 Å². The molecule has 0 aromatic carbocycles. The van der Waals surface area contributed by atoms with Crippen molar-refractivity contribution in [2.24, 2.45) is 16.8 Å². The second-order valence-corrected chi connectivity index (χ2v) is 7.34. The number of likely N-dealkylation sites (tertiary alicyclic amines) is 1.